The van der Waals surface area contributed by atoms with Gasteiger partial charge in [0.1, 0.15) is 0 Å². The summed E-state index contributed by atoms with van der Waals surface area (Å²) in [7, 11) is 0. The molecule has 0 radical (unpaired) electrons. The Kier molecular flexibility index (Phi) is 3.62. The molecule has 5 nitrogen and oxygen atoms in total. The second kappa shape index (κ2) is 5.18. The first kappa shape index (κ1) is 12.6. The molecular formula is C13H16N2O3. The number of primary amides is 1. The number of amides is 1. The molecule has 0 bridgehead atoms. The Hall–Kier alpha value is -1.88. The summed E-state index contributed by atoms with van der Waals surface area (Å²) in [5.74, 6) is -0.884. The van der Waals surface area contributed by atoms with Gasteiger partial charge in [-0.15, -0.1) is 0 Å². The van der Waals surface area contributed by atoms with E-state index in [0.29, 0.717) is 5.56 Å². The van der Waals surface area contributed by atoms with Crippen molar-refractivity contribution in [1.82, 2.24) is 4.90 Å². The predicted octanol–water partition coefficient (Wildman–Crippen LogP) is 0.692. The SMILES string of the molecule is NC(=O)c1ccc(CN2CC(CC(=O)O)C2)cc1. The fourth-order valence-electron chi connectivity index (χ4n) is 2.21. The summed E-state index contributed by atoms with van der Waals surface area (Å²) in [6, 6.07) is 7.19. The van der Waals surface area contributed by atoms with Crippen molar-refractivity contribution in [2.45, 2.75) is 13.0 Å². The van der Waals surface area contributed by atoms with Gasteiger partial charge in [-0.2, -0.15) is 0 Å². The Morgan fingerprint density at radius 2 is 1.89 bits per heavy atom. The number of rotatable bonds is 5. The van der Waals surface area contributed by atoms with Crippen LogP contribution in [0.3, 0.4) is 0 Å². The smallest absolute Gasteiger partial charge is 0.303 e. The fraction of sp³-hybridized carbons (Fsp3) is 0.385. The van der Waals surface area contributed by atoms with Crippen LogP contribution in [0.5, 0.6) is 0 Å². The highest BCUT2D eigenvalue weighted by Gasteiger charge is 2.28. The molecule has 2 rings (SSSR count). The maximum Gasteiger partial charge on any atom is 0.303 e. The largest absolute Gasteiger partial charge is 0.481 e. The van der Waals surface area contributed by atoms with Crippen LogP contribution in [-0.2, 0) is 11.3 Å². The molecular weight excluding hydrogens is 232 g/mol. The van der Waals surface area contributed by atoms with Crippen LogP contribution in [0.2, 0.25) is 0 Å². The number of carboxylic acids is 1. The molecule has 0 aliphatic carbocycles. The van der Waals surface area contributed by atoms with E-state index in [9.17, 15) is 9.59 Å². The molecule has 1 saturated heterocycles. The molecule has 1 heterocycles. The van der Waals surface area contributed by atoms with Gasteiger partial charge in [0.15, 0.2) is 0 Å². The summed E-state index contributed by atoms with van der Waals surface area (Å²) in [5, 5.41) is 8.65. The van der Waals surface area contributed by atoms with Gasteiger partial charge in [-0.1, -0.05) is 12.1 Å². The summed E-state index contributed by atoms with van der Waals surface area (Å²) in [6.45, 7) is 2.43. The molecule has 1 aliphatic rings. The van der Waals surface area contributed by atoms with E-state index in [2.05, 4.69) is 4.90 Å². The van der Waals surface area contributed by atoms with Crippen molar-refractivity contribution in [1.29, 1.82) is 0 Å². The summed E-state index contributed by atoms with van der Waals surface area (Å²) >= 11 is 0. The van der Waals surface area contributed by atoms with Gasteiger partial charge in [0.2, 0.25) is 5.91 Å². The zero-order valence-corrected chi connectivity index (χ0v) is 10.0. The van der Waals surface area contributed by atoms with Crippen molar-refractivity contribution in [3.8, 4) is 0 Å². The first-order chi connectivity index (χ1) is 8.54. The Bertz CT molecular complexity index is 450. The third kappa shape index (κ3) is 3.07. The maximum atomic E-state index is 10.9. The van der Waals surface area contributed by atoms with Crippen molar-refractivity contribution < 1.29 is 14.7 Å². The lowest BCUT2D eigenvalue weighted by molar-refractivity contribution is -0.139. The van der Waals surface area contributed by atoms with Gasteiger partial charge in [-0.05, 0) is 23.6 Å². The molecule has 18 heavy (non-hydrogen) atoms. The summed E-state index contributed by atoms with van der Waals surface area (Å²) in [6.07, 6.45) is 0.247. The van der Waals surface area contributed by atoms with E-state index in [4.69, 9.17) is 10.8 Å². The molecule has 1 aromatic rings. The van der Waals surface area contributed by atoms with Crippen molar-refractivity contribution in [3.63, 3.8) is 0 Å². The Labute approximate surface area is 105 Å². The lowest BCUT2D eigenvalue weighted by Gasteiger charge is -2.38. The average molecular weight is 248 g/mol. The molecule has 96 valence electrons. The average Bonchev–Trinajstić information content (AvgIpc) is 2.26. The minimum Gasteiger partial charge on any atom is -0.481 e. The highest BCUT2D eigenvalue weighted by molar-refractivity contribution is 5.92. The number of hydrogen-bond acceptors (Lipinski definition) is 3. The number of carbonyl (C=O) groups excluding carboxylic acids is 1. The molecule has 0 spiro atoms. The molecule has 3 N–H and O–H groups in total. The predicted molar refractivity (Wildman–Crippen MR) is 66.0 cm³/mol. The highest BCUT2D eigenvalue weighted by Crippen LogP contribution is 2.21. The Morgan fingerprint density at radius 1 is 1.28 bits per heavy atom. The molecule has 1 amide bonds. The molecule has 0 atom stereocenters. The van der Waals surface area contributed by atoms with Gasteiger partial charge >= 0.3 is 5.97 Å². The minimum absolute atomic E-state index is 0.247. The highest BCUT2D eigenvalue weighted by atomic mass is 16.4. The van der Waals surface area contributed by atoms with Crippen LogP contribution >= 0.6 is 0 Å². The third-order valence-corrected chi connectivity index (χ3v) is 3.14. The van der Waals surface area contributed by atoms with E-state index in [-0.39, 0.29) is 12.3 Å². The van der Waals surface area contributed by atoms with Gasteiger partial charge in [-0.25, -0.2) is 0 Å². The number of carbonyl (C=O) groups is 2. The van der Waals surface area contributed by atoms with Crippen molar-refractivity contribution in [2.24, 2.45) is 11.7 Å². The molecule has 1 aliphatic heterocycles. The maximum absolute atomic E-state index is 10.9. The fourth-order valence-corrected chi connectivity index (χ4v) is 2.21. The second-order valence-corrected chi connectivity index (χ2v) is 4.72. The lowest BCUT2D eigenvalue weighted by Crippen LogP contribution is -2.46. The normalized spacial score (nSPS) is 16.2. The van der Waals surface area contributed by atoms with Crippen LogP contribution in [0.25, 0.3) is 0 Å². The first-order valence-corrected chi connectivity index (χ1v) is 5.87. The number of benzene rings is 1. The lowest BCUT2D eigenvalue weighted by atomic mass is 9.95. The van der Waals surface area contributed by atoms with Crippen molar-refractivity contribution >= 4 is 11.9 Å². The van der Waals surface area contributed by atoms with E-state index in [1.165, 1.54) is 0 Å². The molecule has 0 aromatic heterocycles. The second-order valence-electron chi connectivity index (χ2n) is 4.72. The monoisotopic (exact) mass is 248 g/mol. The number of nitrogens with two attached hydrogens (primary N) is 1. The van der Waals surface area contributed by atoms with E-state index < -0.39 is 11.9 Å². The van der Waals surface area contributed by atoms with Gasteiger partial charge in [0.25, 0.3) is 0 Å². The van der Waals surface area contributed by atoms with Crippen LogP contribution < -0.4 is 5.73 Å². The minimum atomic E-state index is -0.731. The van der Waals surface area contributed by atoms with Crippen LogP contribution in [-0.4, -0.2) is 35.0 Å². The quantitative estimate of drug-likeness (QED) is 0.803. The molecule has 0 saturated carbocycles. The van der Waals surface area contributed by atoms with Gasteiger partial charge in [0.05, 0.1) is 6.42 Å². The Morgan fingerprint density at radius 3 is 2.39 bits per heavy atom. The van der Waals surface area contributed by atoms with E-state index in [1.54, 1.807) is 12.1 Å². The number of aliphatic carboxylic acids is 1. The van der Waals surface area contributed by atoms with Crippen LogP contribution in [0.15, 0.2) is 24.3 Å². The molecule has 5 heteroatoms. The van der Waals surface area contributed by atoms with Crippen molar-refractivity contribution in [3.05, 3.63) is 35.4 Å². The zero-order valence-electron chi connectivity index (χ0n) is 10.0. The molecule has 0 unspecified atom stereocenters. The zero-order chi connectivity index (χ0) is 13.1. The molecule has 1 aromatic carbocycles. The van der Waals surface area contributed by atoms with Gasteiger partial charge < -0.3 is 10.8 Å². The van der Waals surface area contributed by atoms with E-state index in [1.807, 2.05) is 12.1 Å². The third-order valence-electron chi connectivity index (χ3n) is 3.14. The first-order valence-electron chi connectivity index (χ1n) is 5.87. The van der Waals surface area contributed by atoms with Crippen LogP contribution in [0.1, 0.15) is 22.3 Å². The Balaban J connectivity index is 1.81. The summed E-state index contributed by atoms with van der Waals surface area (Å²) in [5.41, 5.74) is 6.77. The van der Waals surface area contributed by atoms with Crippen LogP contribution in [0.4, 0.5) is 0 Å². The summed E-state index contributed by atoms with van der Waals surface area (Å²) in [4.78, 5) is 23.6. The van der Waals surface area contributed by atoms with Gasteiger partial charge in [0, 0.05) is 25.2 Å². The van der Waals surface area contributed by atoms with Crippen molar-refractivity contribution in [2.75, 3.05) is 13.1 Å². The molecule has 1 fully saturated rings. The van der Waals surface area contributed by atoms with E-state index in [0.717, 1.165) is 25.2 Å². The number of carboxylic acid groups (broad SMARTS) is 1. The summed E-state index contributed by atoms with van der Waals surface area (Å²) < 4.78 is 0. The van der Waals surface area contributed by atoms with Gasteiger partial charge in [-0.3, -0.25) is 14.5 Å². The van der Waals surface area contributed by atoms with Crippen LogP contribution in [0, 0.1) is 5.92 Å². The standard InChI is InChI=1S/C13H16N2O3/c14-13(18)11-3-1-9(2-4-11)6-15-7-10(8-15)5-12(16)17/h1-4,10H,5-8H2,(H2,14,18)(H,16,17). The van der Waals surface area contributed by atoms with E-state index >= 15 is 0 Å². The number of nitrogens with zero attached hydrogens (tertiary/aromatic N) is 1. The number of likely N-dealkylation sites (tertiary alicyclic amines) is 1. The topological polar surface area (TPSA) is 83.6 Å². The number of hydrogen-bond donors (Lipinski definition) is 2.